The van der Waals surface area contributed by atoms with E-state index in [0.29, 0.717) is 29.4 Å². The zero-order valence-corrected chi connectivity index (χ0v) is 19.2. The van der Waals surface area contributed by atoms with Crippen molar-refractivity contribution in [2.75, 3.05) is 11.4 Å². The van der Waals surface area contributed by atoms with Gasteiger partial charge in [0.15, 0.2) is 0 Å². The molecule has 3 fully saturated rings. The number of nitrogens with zero attached hydrogens (tertiary/aromatic N) is 3. The van der Waals surface area contributed by atoms with Crippen molar-refractivity contribution in [1.82, 2.24) is 15.0 Å². The van der Waals surface area contributed by atoms with Crippen LogP contribution in [0.15, 0.2) is 36.5 Å². The number of nitrogens with one attached hydrogen (secondary N) is 1. The molecule has 1 aromatic carbocycles. The van der Waals surface area contributed by atoms with Crippen LogP contribution in [0.4, 0.5) is 10.2 Å². The van der Waals surface area contributed by atoms with Gasteiger partial charge in [0.2, 0.25) is 0 Å². The van der Waals surface area contributed by atoms with E-state index in [1.807, 2.05) is 12.3 Å². The Morgan fingerprint density at radius 3 is 2.65 bits per heavy atom. The number of aromatic amines is 1. The van der Waals surface area contributed by atoms with Crippen LogP contribution in [0, 0.1) is 11.7 Å². The highest BCUT2D eigenvalue weighted by Gasteiger charge is 2.46. The van der Waals surface area contributed by atoms with Crippen molar-refractivity contribution in [2.45, 2.75) is 69.8 Å². The molecule has 0 amide bonds. The fourth-order valence-electron chi connectivity index (χ4n) is 5.94. The second-order valence-electron chi connectivity index (χ2n) is 9.87. The molecular formula is C26H29FN4O3. The minimum absolute atomic E-state index is 0.0580. The highest BCUT2D eigenvalue weighted by atomic mass is 19.1. The van der Waals surface area contributed by atoms with Gasteiger partial charge in [-0.25, -0.2) is 14.4 Å². The van der Waals surface area contributed by atoms with Gasteiger partial charge in [-0.15, -0.1) is 0 Å². The highest BCUT2D eigenvalue weighted by Crippen LogP contribution is 2.43. The zero-order chi connectivity index (χ0) is 23.2. The molecule has 3 heterocycles. The number of hydrogen-bond donors (Lipinski definition) is 1. The lowest BCUT2D eigenvalue weighted by Gasteiger charge is -2.36. The van der Waals surface area contributed by atoms with Crippen LogP contribution in [0.1, 0.15) is 45.4 Å². The average molecular weight is 465 g/mol. The number of piperidine rings is 1. The summed E-state index contributed by atoms with van der Waals surface area (Å²) in [5.41, 5.74) is 2.31. The smallest absolute Gasteiger partial charge is 0.302 e. The minimum atomic E-state index is -0.280. The van der Waals surface area contributed by atoms with E-state index in [1.165, 1.54) is 19.1 Å². The molecule has 3 atom stereocenters. The van der Waals surface area contributed by atoms with Crippen LogP contribution in [0.25, 0.3) is 22.4 Å². The quantitative estimate of drug-likeness (QED) is 0.555. The van der Waals surface area contributed by atoms with Gasteiger partial charge in [-0.1, -0.05) is 0 Å². The number of hydrogen-bond acceptors (Lipinski definition) is 6. The van der Waals surface area contributed by atoms with Gasteiger partial charge >= 0.3 is 5.97 Å². The van der Waals surface area contributed by atoms with Crippen molar-refractivity contribution in [3.05, 3.63) is 42.3 Å². The normalized spacial score (nSPS) is 28.5. The first kappa shape index (κ1) is 21.5. The predicted molar refractivity (Wildman–Crippen MR) is 126 cm³/mol. The Kier molecular flexibility index (Phi) is 5.48. The van der Waals surface area contributed by atoms with Gasteiger partial charge < -0.3 is 19.4 Å². The van der Waals surface area contributed by atoms with Crippen molar-refractivity contribution in [3.63, 3.8) is 0 Å². The van der Waals surface area contributed by atoms with Crippen molar-refractivity contribution >= 4 is 22.8 Å². The Morgan fingerprint density at radius 1 is 1.12 bits per heavy atom. The molecule has 3 aliphatic rings. The van der Waals surface area contributed by atoms with Gasteiger partial charge in [-0.05, 0) is 68.9 Å². The number of pyridine rings is 1. The molecule has 2 aromatic heterocycles. The molecule has 7 nitrogen and oxygen atoms in total. The third kappa shape index (κ3) is 4.15. The number of ether oxygens (including phenoxy) is 2. The van der Waals surface area contributed by atoms with Crippen LogP contribution in [0.5, 0.6) is 0 Å². The zero-order valence-electron chi connectivity index (χ0n) is 19.2. The summed E-state index contributed by atoms with van der Waals surface area (Å²) < 4.78 is 25.3. The molecule has 0 spiro atoms. The van der Waals surface area contributed by atoms with Crippen LogP contribution in [-0.2, 0) is 14.3 Å². The van der Waals surface area contributed by atoms with Crippen molar-refractivity contribution in [1.29, 1.82) is 0 Å². The molecule has 178 valence electrons. The average Bonchev–Trinajstić information content (AvgIpc) is 3.54. The third-order valence-electron chi connectivity index (χ3n) is 7.56. The molecule has 1 aliphatic heterocycles. The summed E-state index contributed by atoms with van der Waals surface area (Å²) >= 11 is 0. The van der Waals surface area contributed by atoms with E-state index in [-0.39, 0.29) is 24.0 Å². The van der Waals surface area contributed by atoms with Crippen LogP contribution in [0.3, 0.4) is 0 Å². The summed E-state index contributed by atoms with van der Waals surface area (Å²) in [5.74, 6) is 1.74. The number of rotatable bonds is 5. The molecule has 2 bridgehead atoms. The van der Waals surface area contributed by atoms with Gasteiger partial charge in [0.1, 0.15) is 23.6 Å². The SMILES string of the molecule is CC(=O)OC1CCC(OC2CC3CC2CN3c2ccc(-c3nc4ccc(F)cc4[nH]3)cn2)CC1. The number of aromatic nitrogens is 3. The van der Waals surface area contributed by atoms with Gasteiger partial charge in [0, 0.05) is 37.2 Å². The van der Waals surface area contributed by atoms with E-state index in [0.717, 1.165) is 62.0 Å². The molecule has 0 radical (unpaired) electrons. The fraction of sp³-hybridized carbons (Fsp3) is 0.500. The van der Waals surface area contributed by atoms with E-state index < -0.39 is 0 Å². The number of carbonyl (C=O) groups excluding carboxylic acids is 1. The van der Waals surface area contributed by atoms with Crippen molar-refractivity contribution < 1.29 is 18.7 Å². The van der Waals surface area contributed by atoms with E-state index in [2.05, 4.69) is 20.9 Å². The molecule has 1 saturated heterocycles. The maximum absolute atomic E-state index is 13.5. The molecule has 1 N–H and O–H groups in total. The summed E-state index contributed by atoms with van der Waals surface area (Å²) in [7, 11) is 0. The predicted octanol–water partition coefficient (Wildman–Crippen LogP) is 4.62. The monoisotopic (exact) mass is 464 g/mol. The first-order chi connectivity index (χ1) is 16.5. The maximum Gasteiger partial charge on any atom is 0.302 e. The molecule has 2 aliphatic carbocycles. The van der Waals surface area contributed by atoms with Crippen LogP contribution in [-0.4, -0.2) is 51.8 Å². The molecule has 8 heteroatoms. The highest BCUT2D eigenvalue weighted by molar-refractivity contribution is 5.79. The maximum atomic E-state index is 13.5. The summed E-state index contributed by atoms with van der Waals surface area (Å²) in [6, 6.07) is 9.09. The van der Waals surface area contributed by atoms with E-state index in [9.17, 15) is 9.18 Å². The lowest BCUT2D eigenvalue weighted by molar-refractivity contribution is -0.150. The molecule has 2 saturated carbocycles. The third-order valence-corrected chi connectivity index (χ3v) is 7.56. The summed E-state index contributed by atoms with van der Waals surface area (Å²) in [4.78, 5) is 26.0. The van der Waals surface area contributed by atoms with E-state index in [1.54, 1.807) is 6.07 Å². The van der Waals surface area contributed by atoms with Gasteiger partial charge in [0.05, 0.1) is 23.2 Å². The Labute approximate surface area is 197 Å². The van der Waals surface area contributed by atoms with Crippen LogP contribution < -0.4 is 4.90 Å². The second-order valence-corrected chi connectivity index (χ2v) is 9.87. The van der Waals surface area contributed by atoms with E-state index in [4.69, 9.17) is 14.5 Å². The lowest BCUT2D eigenvalue weighted by atomic mass is 9.94. The molecule has 3 unspecified atom stereocenters. The number of esters is 1. The minimum Gasteiger partial charge on any atom is -0.463 e. The molecular weight excluding hydrogens is 435 g/mol. The largest absolute Gasteiger partial charge is 0.463 e. The topological polar surface area (TPSA) is 80.3 Å². The van der Waals surface area contributed by atoms with Crippen LogP contribution in [0.2, 0.25) is 0 Å². The number of imidazole rings is 1. The van der Waals surface area contributed by atoms with E-state index >= 15 is 0 Å². The van der Waals surface area contributed by atoms with Gasteiger partial charge in [-0.2, -0.15) is 0 Å². The summed E-state index contributed by atoms with van der Waals surface area (Å²) in [6.45, 7) is 2.45. The summed E-state index contributed by atoms with van der Waals surface area (Å²) in [5, 5.41) is 0. The lowest BCUT2D eigenvalue weighted by Crippen LogP contribution is -2.41. The molecule has 6 rings (SSSR count). The Morgan fingerprint density at radius 2 is 1.94 bits per heavy atom. The summed E-state index contributed by atoms with van der Waals surface area (Å²) in [6.07, 6.45) is 8.39. The van der Waals surface area contributed by atoms with Gasteiger partial charge in [0.25, 0.3) is 0 Å². The number of benzene rings is 1. The molecule has 34 heavy (non-hydrogen) atoms. The fourth-order valence-corrected chi connectivity index (χ4v) is 5.94. The van der Waals surface area contributed by atoms with Crippen LogP contribution >= 0.6 is 0 Å². The standard InChI is InChI=1S/C26H29FN4O3/c1-15(32)33-20-4-6-21(7-5-20)34-24-12-19-10-17(24)14-31(19)25-9-2-16(13-28-25)26-29-22-8-3-18(27)11-23(22)30-26/h2-3,8-9,11,13,17,19-21,24H,4-7,10,12,14H2,1H3,(H,29,30). The van der Waals surface area contributed by atoms with Crippen molar-refractivity contribution in [2.24, 2.45) is 5.92 Å². The number of halogens is 1. The Bertz CT molecular complexity index is 1190. The number of anilines is 1. The van der Waals surface area contributed by atoms with Crippen molar-refractivity contribution in [3.8, 4) is 11.4 Å². The first-order valence-corrected chi connectivity index (χ1v) is 12.2. The van der Waals surface area contributed by atoms with Gasteiger partial charge in [-0.3, -0.25) is 4.79 Å². The number of H-pyrrole nitrogens is 1. The Balaban J connectivity index is 1.06. The Hall–Kier alpha value is -3.00. The first-order valence-electron chi connectivity index (χ1n) is 12.2. The number of fused-ring (bicyclic) bond motifs is 3. The second kappa shape index (κ2) is 8.65. The molecule has 3 aromatic rings. The number of carbonyl (C=O) groups is 1.